The van der Waals surface area contributed by atoms with Crippen molar-refractivity contribution in [3.63, 3.8) is 0 Å². The first-order valence-electron chi connectivity index (χ1n) is 8.74. The quantitative estimate of drug-likeness (QED) is 0.706. The third-order valence-corrected chi connectivity index (χ3v) is 5.47. The van der Waals surface area contributed by atoms with Crippen LogP contribution in [0.25, 0.3) is 0 Å². The van der Waals surface area contributed by atoms with Crippen LogP contribution >= 0.6 is 0 Å². The number of carbonyl (C=O) groups is 1. The Hall–Kier alpha value is -2.34. The van der Waals surface area contributed by atoms with Crippen LogP contribution in [0.5, 0.6) is 0 Å². The molecule has 1 unspecified atom stereocenters. The van der Waals surface area contributed by atoms with Crippen molar-refractivity contribution in [2.24, 2.45) is 5.92 Å². The monoisotopic (exact) mass is 374 g/mol. The minimum Gasteiger partial charge on any atom is -0.355 e. The van der Waals surface area contributed by atoms with Crippen LogP contribution in [-0.2, 0) is 14.8 Å². The van der Waals surface area contributed by atoms with Gasteiger partial charge in [-0.2, -0.15) is 0 Å². The number of rotatable bonds is 9. The third-order valence-electron chi connectivity index (χ3n) is 4.18. The van der Waals surface area contributed by atoms with E-state index in [2.05, 4.69) is 23.9 Å². The van der Waals surface area contributed by atoms with Gasteiger partial charge in [-0.25, -0.2) is 8.42 Å². The van der Waals surface area contributed by atoms with Gasteiger partial charge in [0.15, 0.2) is 0 Å². The molecule has 1 atom stereocenters. The Bertz CT molecular complexity index is 790. The van der Waals surface area contributed by atoms with Gasteiger partial charge in [-0.15, -0.1) is 0 Å². The molecule has 2 N–H and O–H groups in total. The predicted molar refractivity (Wildman–Crippen MR) is 105 cm³/mol. The third kappa shape index (κ3) is 6.52. The molecule has 0 radical (unpaired) electrons. The second-order valence-electron chi connectivity index (χ2n) is 6.60. The first-order valence-corrected chi connectivity index (χ1v) is 10.4. The molecule has 6 heteroatoms. The van der Waals surface area contributed by atoms with Gasteiger partial charge in [-0.05, 0) is 29.5 Å². The molecule has 0 heterocycles. The lowest BCUT2D eigenvalue weighted by molar-refractivity contribution is -0.121. The topological polar surface area (TPSA) is 75.3 Å². The zero-order valence-corrected chi connectivity index (χ0v) is 16.0. The summed E-state index contributed by atoms with van der Waals surface area (Å²) in [6.07, 6.45) is 0.341. The maximum Gasteiger partial charge on any atom is 0.234 e. The van der Waals surface area contributed by atoms with Gasteiger partial charge in [0.2, 0.25) is 15.9 Å². The van der Waals surface area contributed by atoms with Gasteiger partial charge < -0.3 is 5.32 Å². The Morgan fingerprint density at radius 2 is 1.54 bits per heavy atom. The zero-order chi connectivity index (χ0) is 19.0. The Labute approximate surface area is 155 Å². The van der Waals surface area contributed by atoms with Crippen LogP contribution in [0.1, 0.15) is 31.7 Å². The molecule has 0 bridgehead atoms. The van der Waals surface area contributed by atoms with Gasteiger partial charge >= 0.3 is 0 Å². The average Bonchev–Trinajstić information content (AvgIpc) is 2.60. The second-order valence-corrected chi connectivity index (χ2v) is 8.44. The molecule has 0 aromatic heterocycles. The fourth-order valence-electron chi connectivity index (χ4n) is 2.77. The lowest BCUT2D eigenvalue weighted by Gasteiger charge is -2.21. The van der Waals surface area contributed by atoms with Crippen LogP contribution < -0.4 is 10.0 Å². The zero-order valence-electron chi connectivity index (χ0n) is 15.2. The molecule has 2 aromatic carbocycles. The summed E-state index contributed by atoms with van der Waals surface area (Å²) in [4.78, 5) is 12.2. The van der Waals surface area contributed by atoms with Crippen molar-refractivity contribution in [1.82, 2.24) is 5.32 Å². The minimum absolute atomic E-state index is 0.0839. The van der Waals surface area contributed by atoms with Crippen LogP contribution in [0.2, 0.25) is 0 Å². The molecule has 26 heavy (non-hydrogen) atoms. The molecule has 0 aliphatic carbocycles. The number of hydrogen-bond donors (Lipinski definition) is 2. The first-order chi connectivity index (χ1) is 12.4. The number of nitrogens with one attached hydrogen (secondary N) is 2. The molecular formula is C20H26N2O3S. The standard InChI is InChI=1S/C20H26N2O3S/c1-16(2)19(17-9-5-3-6-10-17)15-20(23)21-13-14-26(24,25)22-18-11-7-4-8-12-18/h3-12,16,19,22H,13-15H2,1-2H3,(H,21,23). The van der Waals surface area contributed by atoms with Gasteiger partial charge in [0.1, 0.15) is 0 Å². The summed E-state index contributed by atoms with van der Waals surface area (Å²) in [5.74, 6) is 0.120. The van der Waals surface area contributed by atoms with Crippen molar-refractivity contribution in [2.45, 2.75) is 26.2 Å². The molecule has 0 saturated heterocycles. The number of amides is 1. The Kier molecular flexibility index (Phi) is 7.21. The fourth-order valence-corrected chi connectivity index (χ4v) is 3.74. The van der Waals surface area contributed by atoms with Crippen LogP contribution in [-0.4, -0.2) is 26.6 Å². The van der Waals surface area contributed by atoms with E-state index in [9.17, 15) is 13.2 Å². The fraction of sp³-hybridized carbons (Fsp3) is 0.350. The summed E-state index contributed by atoms with van der Waals surface area (Å²) in [5, 5.41) is 2.72. The molecule has 0 saturated carbocycles. The molecule has 0 aliphatic rings. The van der Waals surface area contributed by atoms with Gasteiger partial charge in [0.05, 0.1) is 5.75 Å². The van der Waals surface area contributed by atoms with Crippen LogP contribution in [0.4, 0.5) is 5.69 Å². The number of benzene rings is 2. The van der Waals surface area contributed by atoms with Gasteiger partial charge in [-0.1, -0.05) is 62.4 Å². The molecule has 5 nitrogen and oxygen atoms in total. The molecule has 0 spiro atoms. The van der Waals surface area contributed by atoms with Crippen molar-refractivity contribution in [2.75, 3.05) is 17.0 Å². The van der Waals surface area contributed by atoms with E-state index >= 15 is 0 Å². The number of para-hydroxylation sites is 1. The lowest BCUT2D eigenvalue weighted by Crippen LogP contribution is -2.32. The van der Waals surface area contributed by atoms with Crippen LogP contribution in [0.3, 0.4) is 0 Å². The lowest BCUT2D eigenvalue weighted by atomic mass is 9.85. The second kappa shape index (κ2) is 9.38. The van der Waals surface area contributed by atoms with E-state index in [1.165, 1.54) is 0 Å². The van der Waals surface area contributed by atoms with E-state index in [1.807, 2.05) is 36.4 Å². The molecule has 0 fully saturated rings. The van der Waals surface area contributed by atoms with Crippen molar-refractivity contribution in [1.29, 1.82) is 0 Å². The van der Waals surface area contributed by atoms with Crippen LogP contribution in [0, 0.1) is 5.92 Å². The van der Waals surface area contributed by atoms with E-state index < -0.39 is 10.0 Å². The first kappa shape index (κ1) is 20.0. The largest absolute Gasteiger partial charge is 0.355 e. The summed E-state index contributed by atoms with van der Waals surface area (Å²) in [7, 11) is -3.49. The highest BCUT2D eigenvalue weighted by Crippen LogP contribution is 2.27. The highest BCUT2D eigenvalue weighted by atomic mass is 32.2. The van der Waals surface area contributed by atoms with E-state index in [0.717, 1.165) is 5.56 Å². The molecule has 1 amide bonds. The van der Waals surface area contributed by atoms with Crippen LogP contribution in [0.15, 0.2) is 60.7 Å². The van der Waals surface area contributed by atoms with Crippen molar-refractivity contribution >= 4 is 21.6 Å². The van der Waals surface area contributed by atoms with Crippen molar-refractivity contribution < 1.29 is 13.2 Å². The van der Waals surface area contributed by atoms with E-state index in [1.54, 1.807) is 24.3 Å². The molecule has 2 rings (SSSR count). The Balaban J connectivity index is 1.84. The summed E-state index contributed by atoms with van der Waals surface area (Å²) in [6.45, 7) is 4.25. The number of hydrogen-bond acceptors (Lipinski definition) is 3. The maximum absolute atomic E-state index is 12.2. The van der Waals surface area contributed by atoms with Gasteiger partial charge in [0, 0.05) is 18.7 Å². The van der Waals surface area contributed by atoms with Crippen molar-refractivity contribution in [3.8, 4) is 0 Å². The summed E-state index contributed by atoms with van der Waals surface area (Å²) < 4.78 is 26.6. The number of sulfonamides is 1. The summed E-state index contributed by atoms with van der Waals surface area (Å²) >= 11 is 0. The molecule has 2 aromatic rings. The Morgan fingerprint density at radius 1 is 0.962 bits per heavy atom. The predicted octanol–water partition coefficient (Wildman–Crippen LogP) is 3.37. The van der Waals surface area contributed by atoms with E-state index in [4.69, 9.17) is 0 Å². The number of carbonyl (C=O) groups excluding carboxylic acids is 1. The smallest absolute Gasteiger partial charge is 0.234 e. The minimum atomic E-state index is -3.49. The van der Waals surface area contributed by atoms with Gasteiger partial charge in [0.25, 0.3) is 0 Å². The molecular weight excluding hydrogens is 348 g/mol. The molecule has 140 valence electrons. The SMILES string of the molecule is CC(C)C(CC(=O)NCCS(=O)(=O)Nc1ccccc1)c1ccccc1. The summed E-state index contributed by atoms with van der Waals surface area (Å²) in [5.41, 5.74) is 1.64. The van der Waals surface area contributed by atoms with Gasteiger partial charge in [-0.3, -0.25) is 9.52 Å². The molecule has 0 aliphatic heterocycles. The highest BCUT2D eigenvalue weighted by molar-refractivity contribution is 7.92. The maximum atomic E-state index is 12.2. The number of anilines is 1. The normalized spacial score (nSPS) is 12.6. The highest BCUT2D eigenvalue weighted by Gasteiger charge is 2.19. The summed E-state index contributed by atoms with van der Waals surface area (Å²) in [6, 6.07) is 18.6. The van der Waals surface area contributed by atoms with Crippen molar-refractivity contribution in [3.05, 3.63) is 66.2 Å². The van der Waals surface area contributed by atoms with E-state index in [0.29, 0.717) is 18.0 Å². The average molecular weight is 375 g/mol. The Morgan fingerprint density at radius 3 is 2.12 bits per heavy atom. The van der Waals surface area contributed by atoms with E-state index in [-0.39, 0.29) is 24.1 Å².